The zero-order valence-corrected chi connectivity index (χ0v) is 10.7. The Morgan fingerprint density at radius 3 is 2.88 bits per heavy atom. The molecular formula is C10H18N4O2S. The van der Waals surface area contributed by atoms with Crippen LogP contribution in [0.3, 0.4) is 0 Å². The molecular weight excluding hydrogens is 240 g/mol. The number of sulfonamides is 1. The van der Waals surface area contributed by atoms with Gasteiger partial charge in [-0.1, -0.05) is 0 Å². The summed E-state index contributed by atoms with van der Waals surface area (Å²) in [7, 11) is -1.40. The number of nitrogens with zero attached hydrogens (tertiary/aromatic N) is 2. The van der Waals surface area contributed by atoms with Gasteiger partial charge in [0.05, 0.1) is 18.0 Å². The van der Waals surface area contributed by atoms with E-state index < -0.39 is 10.0 Å². The van der Waals surface area contributed by atoms with Crippen LogP contribution in [0.4, 0.5) is 0 Å². The highest BCUT2D eigenvalue weighted by atomic mass is 32.2. The largest absolute Gasteiger partial charge is 0.313 e. The van der Waals surface area contributed by atoms with Crippen molar-refractivity contribution in [2.24, 2.45) is 7.05 Å². The molecule has 0 spiro atoms. The Bertz CT molecular complexity index is 464. The molecule has 0 aliphatic heterocycles. The van der Waals surface area contributed by atoms with Crippen molar-refractivity contribution in [3.63, 3.8) is 0 Å². The van der Waals surface area contributed by atoms with Crippen LogP contribution in [0.25, 0.3) is 0 Å². The lowest BCUT2D eigenvalue weighted by Gasteiger charge is -2.05. The van der Waals surface area contributed by atoms with Crippen molar-refractivity contribution in [1.82, 2.24) is 19.8 Å². The molecule has 1 heterocycles. The van der Waals surface area contributed by atoms with Crippen LogP contribution >= 0.6 is 0 Å². The van der Waals surface area contributed by atoms with Crippen LogP contribution in [0.5, 0.6) is 0 Å². The molecule has 0 atom stereocenters. The van der Waals surface area contributed by atoms with E-state index in [0.717, 1.165) is 5.69 Å². The minimum Gasteiger partial charge on any atom is -0.313 e. The SMILES string of the molecule is Cn1ccc(CNS(=O)(=O)CCNC2CC2)n1. The summed E-state index contributed by atoms with van der Waals surface area (Å²) in [5.74, 6) is 0.121. The van der Waals surface area contributed by atoms with Gasteiger partial charge in [-0.3, -0.25) is 4.68 Å². The Morgan fingerprint density at radius 1 is 1.53 bits per heavy atom. The molecule has 2 rings (SSSR count). The Balaban J connectivity index is 1.72. The number of aryl methyl sites for hydroxylation is 1. The fourth-order valence-electron chi connectivity index (χ4n) is 1.50. The van der Waals surface area contributed by atoms with E-state index in [2.05, 4.69) is 15.1 Å². The summed E-state index contributed by atoms with van der Waals surface area (Å²) in [6.45, 7) is 0.773. The Kier molecular flexibility index (Phi) is 3.80. The van der Waals surface area contributed by atoms with E-state index in [4.69, 9.17) is 0 Å². The topological polar surface area (TPSA) is 76.0 Å². The Hall–Kier alpha value is -0.920. The second kappa shape index (κ2) is 5.16. The Morgan fingerprint density at radius 2 is 2.29 bits per heavy atom. The number of hydrogen-bond acceptors (Lipinski definition) is 4. The van der Waals surface area contributed by atoms with Crippen molar-refractivity contribution < 1.29 is 8.42 Å². The van der Waals surface area contributed by atoms with Gasteiger partial charge in [0.25, 0.3) is 0 Å². The van der Waals surface area contributed by atoms with Gasteiger partial charge in [0.15, 0.2) is 0 Å². The maximum absolute atomic E-state index is 11.6. The molecule has 1 aromatic rings. The standard InChI is InChI=1S/C10H18N4O2S/c1-14-6-4-10(13-14)8-12-17(15,16)7-5-11-9-2-3-9/h4,6,9,11-12H,2-3,5,7-8H2,1H3. The van der Waals surface area contributed by atoms with E-state index in [9.17, 15) is 8.42 Å². The van der Waals surface area contributed by atoms with E-state index in [1.54, 1.807) is 24.0 Å². The van der Waals surface area contributed by atoms with Crippen molar-refractivity contribution in [2.75, 3.05) is 12.3 Å². The van der Waals surface area contributed by atoms with Gasteiger partial charge in [0.1, 0.15) is 0 Å². The summed E-state index contributed by atoms with van der Waals surface area (Å²) < 4.78 is 27.4. The van der Waals surface area contributed by atoms with Crippen molar-refractivity contribution in [2.45, 2.75) is 25.4 Å². The predicted molar refractivity (Wildman–Crippen MR) is 64.9 cm³/mol. The number of rotatable bonds is 7. The lowest BCUT2D eigenvalue weighted by atomic mass is 10.4. The summed E-state index contributed by atoms with van der Waals surface area (Å²) >= 11 is 0. The van der Waals surface area contributed by atoms with Crippen LogP contribution in [0.15, 0.2) is 12.3 Å². The Labute approximate surface area is 101 Å². The molecule has 0 unspecified atom stereocenters. The maximum Gasteiger partial charge on any atom is 0.213 e. The molecule has 0 radical (unpaired) electrons. The van der Waals surface area contributed by atoms with Gasteiger partial charge in [-0.05, 0) is 18.9 Å². The van der Waals surface area contributed by atoms with Gasteiger partial charge in [-0.15, -0.1) is 0 Å². The van der Waals surface area contributed by atoms with Gasteiger partial charge < -0.3 is 5.32 Å². The van der Waals surface area contributed by atoms with Crippen LogP contribution in [-0.4, -0.2) is 36.5 Å². The number of nitrogens with one attached hydrogen (secondary N) is 2. The highest BCUT2D eigenvalue weighted by Crippen LogP contribution is 2.17. The van der Waals surface area contributed by atoms with Gasteiger partial charge in [-0.25, -0.2) is 13.1 Å². The van der Waals surface area contributed by atoms with Crippen LogP contribution in [0, 0.1) is 0 Å². The van der Waals surface area contributed by atoms with Crippen LogP contribution in [-0.2, 0) is 23.6 Å². The highest BCUT2D eigenvalue weighted by molar-refractivity contribution is 7.89. The van der Waals surface area contributed by atoms with E-state index in [0.29, 0.717) is 12.6 Å². The second-order valence-electron chi connectivity index (χ2n) is 4.35. The molecule has 1 aliphatic rings. The summed E-state index contributed by atoms with van der Waals surface area (Å²) in [6, 6.07) is 2.34. The molecule has 0 saturated heterocycles. The van der Waals surface area contributed by atoms with Gasteiger partial charge >= 0.3 is 0 Å². The first-order chi connectivity index (χ1) is 8.05. The van der Waals surface area contributed by atoms with Crippen molar-refractivity contribution in [1.29, 1.82) is 0 Å². The molecule has 1 saturated carbocycles. The van der Waals surface area contributed by atoms with Gasteiger partial charge in [0.2, 0.25) is 10.0 Å². The first-order valence-electron chi connectivity index (χ1n) is 5.74. The second-order valence-corrected chi connectivity index (χ2v) is 6.28. The first-order valence-corrected chi connectivity index (χ1v) is 7.40. The zero-order chi connectivity index (χ0) is 12.3. The third-order valence-corrected chi connectivity index (χ3v) is 3.95. The summed E-state index contributed by atoms with van der Waals surface area (Å²) in [6.07, 6.45) is 4.13. The molecule has 0 aromatic carbocycles. The smallest absolute Gasteiger partial charge is 0.213 e. The lowest BCUT2D eigenvalue weighted by Crippen LogP contribution is -2.32. The van der Waals surface area contributed by atoms with Gasteiger partial charge in [-0.2, -0.15) is 5.10 Å². The molecule has 1 aliphatic carbocycles. The van der Waals surface area contributed by atoms with E-state index in [1.165, 1.54) is 12.8 Å². The average Bonchev–Trinajstić information content (AvgIpc) is 2.98. The fraction of sp³-hybridized carbons (Fsp3) is 0.700. The van der Waals surface area contributed by atoms with Crippen molar-refractivity contribution in [3.05, 3.63) is 18.0 Å². The lowest BCUT2D eigenvalue weighted by molar-refractivity contribution is 0.574. The molecule has 0 bridgehead atoms. The molecule has 0 amide bonds. The van der Waals surface area contributed by atoms with E-state index in [-0.39, 0.29) is 12.3 Å². The first kappa shape index (κ1) is 12.5. The monoisotopic (exact) mass is 258 g/mol. The van der Waals surface area contributed by atoms with Crippen LogP contribution in [0.2, 0.25) is 0 Å². The summed E-state index contributed by atoms with van der Waals surface area (Å²) in [4.78, 5) is 0. The minimum absolute atomic E-state index is 0.121. The third-order valence-electron chi connectivity index (χ3n) is 2.62. The van der Waals surface area contributed by atoms with E-state index >= 15 is 0 Å². The maximum atomic E-state index is 11.6. The van der Waals surface area contributed by atoms with Crippen LogP contribution < -0.4 is 10.0 Å². The summed E-state index contributed by atoms with van der Waals surface area (Å²) in [5, 5.41) is 7.28. The molecule has 6 nitrogen and oxygen atoms in total. The molecule has 2 N–H and O–H groups in total. The highest BCUT2D eigenvalue weighted by Gasteiger charge is 2.21. The van der Waals surface area contributed by atoms with Crippen LogP contribution in [0.1, 0.15) is 18.5 Å². The predicted octanol–water partition coefficient (Wildman–Crippen LogP) is -0.408. The van der Waals surface area contributed by atoms with Gasteiger partial charge in [0, 0.05) is 25.8 Å². The molecule has 96 valence electrons. The normalized spacial score (nSPS) is 16.3. The average molecular weight is 258 g/mol. The van der Waals surface area contributed by atoms with Crippen molar-refractivity contribution in [3.8, 4) is 0 Å². The zero-order valence-electron chi connectivity index (χ0n) is 9.89. The third kappa shape index (κ3) is 4.45. The molecule has 7 heteroatoms. The fourth-order valence-corrected chi connectivity index (χ4v) is 2.40. The minimum atomic E-state index is -3.20. The van der Waals surface area contributed by atoms with E-state index in [1.807, 2.05) is 0 Å². The number of hydrogen-bond donors (Lipinski definition) is 2. The summed E-state index contributed by atoms with van der Waals surface area (Å²) in [5.41, 5.74) is 0.728. The molecule has 1 fully saturated rings. The number of aromatic nitrogens is 2. The quantitative estimate of drug-likeness (QED) is 0.697. The molecule has 1 aromatic heterocycles. The van der Waals surface area contributed by atoms with Crippen molar-refractivity contribution >= 4 is 10.0 Å². The molecule has 17 heavy (non-hydrogen) atoms.